The van der Waals surface area contributed by atoms with Crippen molar-refractivity contribution in [2.75, 3.05) is 20.3 Å². The SMILES string of the molecule is CCN(Cc1ccc(OC)cc1)C(=O)COc1ccccc1[N+](=O)[O-]. The monoisotopic (exact) mass is 344 g/mol. The first kappa shape index (κ1) is 18.3. The highest BCUT2D eigenvalue weighted by atomic mass is 16.6. The standard InChI is InChI=1S/C18H20N2O5/c1-3-19(12-14-8-10-15(24-2)11-9-14)18(21)13-25-17-7-5-4-6-16(17)20(22)23/h4-11H,3,12-13H2,1-2H3. The number of carbonyl (C=O) groups excluding carboxylic acids is 1. The van der Waals surface area contributed by atoms with Crippen molar-refractivity contribution in [3.05, 3.63) is 64.2 Å². The minimum absolute atomic E-state index is 0.0846. The van der Waals surface area contributed by atoms with Crippen molar-refractivity contribution < 1.29 is 19.2 Å². The first-order valence-corrected chi connectivity index (χ1v) is 7.82. The van der Waals surface area contributed by atoms with E-state index in [1.54, 1.807) is 24.1 Å². The largest absolute Gasteiger partial charge is 0.497 e. The average Bonchev–Trinajstić information content (AvgIpc) is 2.64. The summed E-state index contributed by atoms with van der Waals surface area (Å²) in [5, 5.41) is 11.0. The molecule has 0 aliphatic rings. The summed E-state index contributed by atoms with van der Waals surface area (Å²) in [6.45, 7) is 2.55. The van der Waals surface area contributed by atoms with E-state index in [4.69, 9.17) is 9.47 Å². The Morgan fingerprint density at radius 3 is 2.44 bits per heavy atom. The van der Waals surface area contributed by atoms with Gasteiger partial charge in [-0.2, -0.15) is 0 Å². The predicted molar refractivity (Wildman–Crippen MR) is 92.7 cm³/mol. The van der Waals surface area contributed by atoms with Gasteiger partial charge in [0.2, 0.25) is 0 Å². The van der Waals surface area contributed by atoms with Crippen molar-refractivity contribution in [1.82, 2.24) is 4.90 Å². The number of carbonyl (C=O) groups is 1. The van der Waals surface area contributed by atoms with Gasteiger partial charge in [-0.15, -0.1) is 0 Å². The number of hydrogen-bond acceptors (Lipinski definition) is 5. The molecule has 7 nitrogen and oxygen atoms in total. The van der Waals surface area contributed by atoms with Crippen LogP contribution in [0.3, 0.4) is 0 Å². The van der Waals surface area contributed by atoms with Crippen LogP contribution in [0, 0.1) is 10.1 Å². The van der Waals surface area contributed by atoms with E-state index >= 15 is 0 Å². The summed E-state index contributed by atoms with van der Waals surface area (Å²) < 4.78 is 10.5. The molecule has 0 saturated heterocycles. The molecule has 25 heavy (non-hydrogen) atoms. The number of methoxy groups -OCH3 is 1. The van der Waals surface area contributed by atoms with Crippen LogP contribution in [0.15, 0.2) is 48.5 Å². The Balaban J connectivity index is 1.99. The molecular weight excluding hydrogens is 324 g/mol. The molecule has 0 aliphatic heterocycles. The molecule has 0 aromatic heterocycles. The molecule has 0 spiro atoms. The van der Waals surface area contributed by atoms with Crippen LogP contribution in [0.5, 0.6) is 11.5 Å². The zero-order valence-corrected chi connectivity index (χ0v) is 14.2. The van der Waals surface area contributed by atoms with Crippen LogP contribution in [0.25, 0.3) is 0 Å². The van der Waals surface area contributed by atoms with Crippen LogP contribution >= 0.6 is 0 Å². The molecule has 0 N–H and O–H groups in total. The summed E-state index contributed by atoms with van der Waals surface area (Å²) in [7, 11) is 1.59. The predicted octanol–water partition coefficient (Wildman–Crippen LogP) is 3.03. The van der Waals surface area contributed by atoms with Gasteiger partial charge in [-0.1, -0.05) is 24.3 Å². The lowest BCUT2D eigenvalue weighted by atomic mass is 10.2. The Morgan fingerprint density at radius 2 is 1.84 bits per heavy atom. The highest BCUT2D eigenvalue weighted by Crippen LogP contribution is 2.25. The number of hydrogen-bond donors (Lipinski definition) is 0. The average molecular weight is 344 g/mol. The lowest BCUT2D eigenvalue weighted by molar-refractivity contribution is -0.385. The van der Waals surface area contributed by atoms with Crippen molar-refractivity contribution in [3.8, 4) is 11.5 Å². The fourth-order valence-electron chi connectivity index (χ4n) is 2.29. The maximum atomic E-state index is 12.4. The number of ether oxygens (including phenoxy) is 2. The maximum Gasteiger partial charge on any atom is 0.310 e. The van der Waals surface area contributed by atoms with Crippen molar-refractivity contribution in [2.24, 2.45) is 0 Å². The summed E-state index contributed by atoms with van der Waals surface area (Å²) >= 11 is 0. The summed E-state index contributed by atoms with van der Waals surface area (Å²) in [5.74, 6) is 0.593. The number of amides is 1. The minimum atomic E-state index is -0.533. The molecule has 2 aromatic carbocycles. The van der Waals surface area contributed by atoms with E-state index in [-0.39, 0.29) is 24.0 Å². The summed E-state index contributed by atoms with van der Waals surface area (Å²) in [6, 6.07) is 13.4. The molecule has 0 radical (unpaired) electrons. The Bertz CT molecular complexity index is 731. The van der Waals surface area contributed by atoms with Crippen molar-refractivity contribution in [1.29, 1.82) is 0 Å². The van der Waals surface area contributed by atoms with Crippen LogP contribution in [0.4, 0.5) is 5.69 Å². The van der Waals surface area contributed by atoms with E-state index in [2.05, 4.69) is 0 Å². The third kappa shape index (κ3) is 4.94. The van der Waals surface area contributed by atoms with E-state index in [1.165, 1.54) is 12.1 Å². The molecular formula is C18H20N2O5. The van der Waals surface area contributed by atoms with Gasteiger partial charge in [0.15, 0.2) is 12.4 Å². The lowest BCUT2D eigenvalue weighted by Gasteiger charge is -2.21. The second kappa shape index (κ2) is 8.68. The number of benzene rings is 2. The van der Waals surface area contributed by atoms with Gasteiger partial charge in [0.05, 0.1) is 12.0 Å². The molecule has 0 aliphatic carbocycles. The van der Waals surface area contributed by atoms with Crippen LogP contribution in [0.1, 0.15) is 12.5 Å². The molecule has 0 unspecified atom stereocenters. The molecule has 0 bridgehead atoms. The molecule has 2 rings (SSSR count). The second-order valence-corrected chi connectivity index (χ2v) is 5.27. The Hall–Kier alpha value is -3.09. The lowest BCUT2D eigenvalue weighted by Crippen LogP contribution is -2.34. The number of likely N-dealkylation sites (N-methyl/N-ethyl adjacent to an activating group) is 1. The Kier molecular flexibility index (Phi) is 6.33. The van der Waals surface area contributed by atoms with Gasteiger partial charge in [0.1, 0.15) is 5.75 Å². The van der Waals surface area contributed by atoms with Crippen LogP contribution < -0.4 is 9.47 Å². The number of nitro groups is 1. The normalized spacial score (nSPS) is 10.2. The topological polar surface area (TPSA) is 81.9 Å². The molecule has 7 heteroatoms. The van der Waals surface area contributed by atoms with Crippen molar-refractivity contribution >= 4 is 11.6 Å². The minimum Gasteiger partial charge on any atom is -0.497 e. The molecule has 0 saturated carbocycles. The van der Waals surface area contributed by atoms with Gasteiger partial charge >= 0.3 is 5.69 Å². The molecule has 0 fully saturated rings. The molecule has 1 amide bonds. The zero-order chi connectivity index (χ0) is 18.2. The van der Waals surface area contributed by atoms with E-state index in [9.17, 15) is 14.9 Å². The van der Waals surface area contributed by atoms with Gasteiger partial charge < -0.3 is 14.4 Å². The third-order valence-corrected chi connectivity index (χ3v) is 3.68. The number of rotatable bonds is 8. The fourth-order valence-corrected chi connectivity index (χ4v) is 2.29. The van der Waals surface area contributed by atoms with E-state index in [0.717, 1.165) is 11.3 Å². The molecule has 2 aromatic rings. The van der Waals surface area contributed by atoms with Crippen LogP contribution in [0.2, 0.25) is 0 Å². The first-order valence-electron chi connectivity index (χ1n) is 7.82. The van der Waals surface area contributed by atoms with E-state index < -0.39 is 4.92 Å². The number of para-hydroxylation sites is 2. The maximum absolute atomic E-state index is 12.4. The summed E-state index contributed by atoms with van der Waals surface area (Å²) in [4.78, 5) is 24.4. The van der Waals surface area contributed by atoms with E-state index in [0.29, 0.717) is 13.1 Å². The second-order valence-electron chi connectivity index (χ2n) is 5.27. The number of nitro benzene ring substituents is 1. The molecule has 132 valence electrons. The summed E-state index contributed by atoms with van der Waals surface area (Å²) in [5.41, 5.74) is 0.801. The quantitative estimate of drug-likeness (QED) is 0.543. The van der Waals surface area contributed by atoms with Crippen LogP contribution in [-0.2, 0) is 11.3 Å². The van der Waals surface area contributed by atoms with Gasteiger partial charge in [0, 0.05) is 19.2 Å². The Labute approximate surface area is 145 Å². The van der Waals surface area contributed by atoms with E-state index in [1.807, 2.05) is 31.2 Å². The molecule has 0 heterocycles. The van der Waals surface area contributed by atoms with Gasteiger partial charge in [-0.05, 0) is 30.7 Å². The fraction of sp³-hybridized carbons (Fsp3) is 0.278. The van der Waals surface area contributed by atoms with Gasteiger partial charge in [-0.25, -0.2) is 0 Å². The van der Waals surface area contributed by atoms with Crippen molar-refractivity contribution in [2.45, 2.75) is 13.5 Å². The van der Waals surface area contributed by atoms with Crippen LogP contribution in [-0.4, -0.2) is 36.0 Å². The zero-order valence-electron chi connectivity index (χ0n) is 14.2. The molecule has 0 atom stereocenters. The number of nitrogens with zero attached hydrogens (tertiary/aromatic N) is 2. The van der Waals surface area contributed by atoms with Gasteiger partial charge in [-0.3, -0.25) is 14.9 Å². The smallest absolute Gasteiger partial charge is 0.310 e. The highest BCUT2D eigenvalue weighted by Gasteiger charge is 2.17. The van der Waals surface area contributed by atoms with Crippen molar-refractivity contribution in [3.63, 3.8) is 0 Å². The highest BCUT2D eigenvalue weighted by molar-refractivity contribution is 5.78. The Morgan fingerprint density at radius 1 is 1.16 bits per heavy atom. The summed E-state index contributed by atoms with van der Waals surface area (Å²) in [6.07, 6.45) is 0. The third-order valence-electron chi connectivity index (χ3n) is 3.68. The van der Waals surface area contributed by atoms with Gasteiger partial charge in [0.25, 0.3) is 5.91 Å². The first-order chi connectivity index (χ1) is 12.0.